The first kappa shape index (κ1) is 61.1. The molecule has 4 heteroatoms. The molecule has 0 aliphatic heterocycles. The molecule has 0 aliphatic carbocycles. The van der Waals surface area contributed by atoms with E-state index in [4.69, 9.17) is 13.3 Å². The first-order chi connectivity index (χ1) is 29.8. The van der Waals surface area contributed by atoms with Crippen LogP contribution in [0.1, 0.15) is 345 Å². The fourth-order valence-electron chi connectivity index (χ4n) is 10.1. The molecule has 0 aromatic heterocycles. The molecule has 0 aromatic carbocycles. The highest BCUT2D eigenvalue weighted by atomic mass is 28.4. The lowest BCUT2D eigenvalue weighted by molar-refractivity contribution is -0.110. The van der Waals surface area contributed by atoms with Gasteiger partial charge in [0, 0.05) is 12.1 Å². The fraction of sp³-hybridized carbons (Fsp3) is 1.00. The van der Waals surface area contributed by atoms with Crippen molar-refractivity contribution in [3.8, 4) is 0 Å². The van der Waals surface area contributed by atoms with Gasteiger partial charge in [-0.15, -0.1) is 0 Å². The highest BCUT2D eigenvalue weighted by Crippen LogP contribution is 2.44. The molecule has 61 heavy (non-hydrogen) atoms. The van der Waals surface area contributed by atoms with Gasteiger partial charge in [-0.25, -0.2) is 0 Å². The minimum Gasteiger partial charge on any atom is -0.370 e. The third-order valence-electron chi connectivity index (χ3n) is 14.1. The van der Waals surface area contributed by atoms with E-state index in [1.165, 1.54) is 283 Å². The van der Waals surface area contributed by atoms with Crippen LogP contribution in [-0.4, -0.2) is 26.1 Å². The minimum absolute atomic E-state index is 0.139. The molecule has 0 aliphatic rings. The lowest BCUT2D eigenvalue weighted by Gasteiger charge is -2.48. The monoisotopic (exact) mass is 879 g/mol. The lowest BCUT2D eigenvalue weighted by Crippen LogP contribution is -2.59. The van der Waals surface area contributed by atoms with Crippen LogP contribution in [0.4, 0.5) is 0 Å². The second-order valence-corrected chi connectivity index (χ2v) is 22.9. The summed E-state index contributed by atoms with van der Waals surface area (Å²) in [7, 11) is -3.23. The maximum atomic E-state index is 8.46. The van der Waals surface area contributed by atoms with E-state index in [0.717, 1.165) is 6.04 Å². The summed E-state index contributed by atoms with van der Waals surface area (Å²) >= 11 is 0. The molecule has 0 aromatic rings. The fourth-order valence-corrected chi connectivity index (χ4v) is 13.9. The number of unbranched alkanes of at least 4 members (excludes halogenated alkanes) is 27. The molecule has 0 unspecified atom stereocenters. The first-order valence-electron chi connectivity index (χ1n) is 28.9. The Morgan fingerprint density at radius 1 is 0.279 bits per heavy atom. The average molecular weight is 880 g/mol. The highest BCUT2D eigenvalue weighted by Gasteiger charge is 2.53. The highest BCUT2D eigenvalue weighted by molar-refractivity contribution is 6.61. The summed E-state index contributed by atoms with van der Waals surface area (Å²) in [5.41, 5.74) is -0.279. The molecule has 0 rings (SSSR count). The Balaban J connectivity index is 7.94. The van der Waals surface area contributed by atoms with Gasteiger partial charge in [-0.1, -0.05) is 287 Å². The van der Waals surface area contributed by atoms with E-state index in [0.29, 0.717) is 0 Å². The van der Waals surface area contributed by atoms with Gasteiger partial charge in [0.25, 0.3) is 0 Å². The van der Waals surface area contributed by atoms with E-state index in [9.17, 15) is 0 Å². The summed E-state index contributed by atoms with van der Waals surface area (Å²) in [6.45, 7) is 21.3. The largest absolute Gasteiger partial charge is 0.502 e. The van der Waals surface area contributed by atoms with Crippen molar-refractivity contribution in [3.63, 3.8) is 0 Å². The lowest BCUT2D eigenvalue weighted by atomic mass is 9.85. The molecule has 0 fully saturated rings. The molecule has 0 saturated heterocycles. The Bertz CT molecular complexity index is 741. The average Bonchev–Trinajstić information content (AvgIpc) is 3.26. The van der Waals surface area contributed by atoms with Crippen LogP contribution in [0.3, 0.4) is 0 Å². The molecule has 0 bridgehead atoms. The maximum Gasteiger partial charge on any atom is 0.502 e. The van der Waals surface area contributed by atoms with Crippen LogP contribution in [0, 0.1) is 0 Å². The van der Waals surface area contributed by atoms with Crippen molar-refractivity contribution in [2.24, 2.45) is 0 Å². The van der Waals surface area contributed by atoms with Gasteiger partial charge in [-0.3, -0.25) is 0 Å². The van der Waals surface area contributed by atoms with Crippen molar-refractivity contribution in [3.05, 3.63) is 0 Å². The van der Waals surface area contributed by atoms with Crippen LogP contribution < -0.4 is 0 Å². The van der Waals surface area contributed by atoms with Crippen molar-refractivity contribution < 1.29 is 13.3 Å². The quantitative estimate of drug-likeness (QED) is 0.0450. The Hall–Kier alpha value is 0.0969. The first-order valence-corrected chi connectivity index (χ1v) is 30.8. The van der Waals surface area contributed by atoms with E-state index in [1.54, 1.807) is 0 Å². The van der Waals surface area contributed by atoms with E-state index in [1.807, 2.05) is 0 Å². The Labute approximate surface area is 388 Å². The zero-order valence-corrected chi connectivity index (χ0v) is 45.1. The van der Waals surface area contributed by atoms with Gasteiger partial charge >= 0.3 is 8.80 Å². The molecule has 0 saturated carbocycles. The molecule has 0 amide bonds. The zero-order chi connectivity index (χ0) is 45.0. The normalized spacial score (nSPS) is 12.7. The van der Waals surface area contributed by atoms with E-state index < -0.39 is 8.80 Å². The smallest absolute Gasteiger partial charge is 0.370 e. The van der Waals surface area contributed by atoms with Crippen LogP contribution in [0.5, 0.6) is 0 Å². The molecule has 0 spiro atoms. The molecular weight excluding hydrogens is 761 g/mol. The van der Waals surface area contributed by atoms with Crippen LogP contribution in [0.2, 0.25) is 6.04 Å². The van der Waals surface area contributed by atoms with Gasteiger partial charge < -0.3 is 13.3 Å². The molecule has 0 N–H and O–H groups in total. The third kappa shape index (κ3) is 33.3. The van der Waals surface area contributed by atoms with Gasteiger partial charge in [0.05, 0.1) is 11.2 Å². The van der Waals surface area contributed by atoms with Crippen LogP contribution in [0.25, 0.3) is 0 Å². The van der Waals surface area contributed by atoms with Crippen LogP contribution >= 0.6 is 0 Å². The van der Waals surface area contributed by atoms with Crippen molar-refractivity contribution in [1.82, 2.24) is 0 Å². The predicted molar refractivity (Wildman–Crippen MR) is 277 cm³/mol. The van der Waals surface area contributed by atoms with E-state index in [-0.39, 0.29) is 17.3 Å². The van der Waals surface area contributed by atoms with Crippen molar-refractivity contribution in [1.29, 1.82) is 0 Å². The molecule has 0 atom stereocenters. The molecule has 0 heterocycles. The Kier molecular flexibility index (Phi) is 44.0. The van der Waals surface area contributed by atoms with E-state index in [2.05, 4.69) is 62.3 Å². The Morgan fingerprint density at radius 3 is 0.754 bits per heavy atom. The maximum absolute atomic E-state index is 8.46. The van der Waals surface area contributed by atoms with Crippen molar-refractivity contribution >= 4 is 8.80 Å². The zero-order valence-electron chi connectivity index (χ0n) is 44.1. The summed E-state index contributed by atoms with van der Waals surface area (Å²) in [6, 6.07) is 1.02. The summed E-state index contributed by atoms with van der Waals surface area (Å²) in [6.07, 6.45) is 56.6. The number of rotatable bonds is 51. The van der Waals surface area contributed by atoms with Crippen LogP contribution in [0.15, 0.2) is 0 Å². The molecule has 368 valence electrons. The third-order valence-corrected chi connectivity index (χ3v) is 17.2. The van der Waals surface area contributed by atoms with Gasteiger partial charge in [0.2, 0.25) is 0 Å². The standard InChI is InChI=1S/C57H118O3Si/c1-10-19-28-37-46-55(47-38-29-20-11-2)58-61(54-45-36-27-18-9,59-56(48-39-30-21-12-3,49-40-31-22-13-4)50-41-32-23-14-5)60-57(51-42-33-24-15-6,52-43-34-25-16-7)53-44-35-26-17-8/h55H,10-54H2,1-9H3. The molecule has 3 nitrogen and oxygen atoms in total. The Morgan fingerprint density at radius 2 is 0.508 bits per heavy atom. The second-order valence-electron chi connectivity index (χ2n) is 20.4. The summed E-state index contributed by atoms with van der Waals surface area (Å²) in [5.74, 6) is 0. The van der Waals surface area contributed by atoms with Crippen molar-refractivity contribution in [2.75, 3.05) is 0 Å². The van der Waals surface area contributed by atoms with Crippen molar-refractivity contribution in [2.45, 2.75) is 368 Å². The summed E-state index contributed by atoms with van der Waals surface area (Å²) in [5, 5.41) is 0. The van der Waals surface area contributed by atoms with Gasteiger partial charge in [0.15, 0.2) is 0 Å². The van der Waals surface area contributed by atoms with Gasteiger partial charge in [0.1, 0.15) is 0 Å². The molecule has 0 radical (unpaired) electrons. The van der Waals surface area contributed by atoms with Gasteiger partial charge in [-0.05, 0) is 57.8 Å². The number of hydrogen-bond acceptors (Lipinski definition) is 3. The number of hydrogen-bond donors (Lipinski definition) is 0. The van der Waals surface area contributed by atoms with E-state index >= 15 is 0 Å². The molecular formula is C57H118O3Si. The summed E-state index contributed by atoms with van der Waals surface area (Å²) in [4.78, 5) is 0. The SMILES string of the molecule is CCCCCCC(CCCCCC)O[Si](CCCCCC)(OC(CCCCCC)(CCCCCC)CCCCCC)OC(CCCCCC)(CCCCCC)CCCCCC. The minimum atomic E-state index is -3.23. The summed E-state index contributed by atoms with van der Waals surface area (Å²) < 4.78 is 25.1. The predicted octanol–water partition coefficient (Wildman–Crippen LogP) is 21.2. The van der Waals surface area contributed by atoms with Crippen LogP contribution in [-0.2, 0) is 13.3 Å². The topological polar surface area (TPSA) is 27.7 Å². The second kappa shape index (κ2) is 44.0. The van der Waals surface area contributed by atoms with Gasteiger partial charge in [-0.2, -0.15) is 0 Å².